The van der Waals surface area contributed by atoms with E-state index in [0.717, 1.165) is 18.4 Å². The van der Waals surface area contributed by atoms with Crippen molar-refractivity contribution in [3.8, 4) is 5.75 Å². The molecule has 14 heavy (non-hydrogen) atoms. The first kappa shape index (κ1) is 10.6. The molecule has 0 spiro atoms. The van der Waals surface area contributed by atoms with Crippen LogP contribution in [0.2, 0.25) is 0 Å². The average Bonchev–Trinajstić information content (AvgIpc) is 2.15. The fraction of sp³-hybridized carbons (Fsp3) is 0.364. The Kier molecular flexibility index (Phi) is 3.98. The minimum absolute atomic E-state index is 0.123. The van der Waals surface area contributed by atoms with Crippen molar-refractivity contribution >= 4 is 5.97 Å². The second-order valence-corrected chi connectivity index (χ2v) is 3.25. The van der Waals surface area contributed by atoms with E-state index in [-0.39, 0.29) is 12.2 Å². The zero-order chi connectivity index (χ0) is 10.4. The number of phenolic OH excluding ortho intramolecular Hbond substituents is 1. The van der Waals surface area contributed by atoms with E-state index in [4.69, 9.17) is 5.11 Å². The van der Waals surface area contributed by atoms with E-state index in [1.54, 1.807) is 12.1 Å². The first-order valence-corrected chi connectivity index (χ1v) is 4.66. The van der Waals surface area contributed by atoms with Crippen LogP contribution in [-0.2, 0) is 11.2 Å². The lowest BCUT2D eigenvalue weighted by molar-refractivity contribution is -0.305. The van der Waals surface area contributed by atoms with Crippen LogP contribution in [-0.4, -0.2) is 11.1 Å². The Bertz CT molecular complexity index is 290. The molecule has 0 heterocycles. The third kappa shape index (κ3) is 3.94. The number of aliphatic carboxylic acids is 1. The van der Waals surface area contributed by atoms with Gasteiger partial charge >= 0.3 is 0 Å². The van der Waals surface area contributed by atoms with Crippen LogP contribution in [0.3, 0.4) is 0 Å². The van der Waals surface area contributed by atoms with Crippen LogP contribution in [0.15, 0.2) is 24.3 Å². The van der Waals surface area contributed by atoms with Gasteiger partial charge in [0, 0.05) is 5.97 Å². The fourth-order valence-electron chi connectivity index (χ4n) is 1.26. The fourth-order valence-corrected chi connectivity index (χ4v) is 1.26. The van der Waals surface area contributed by atoms with Gasteiger partial charge in [0.15, 0.2) is 0 Å². The van der Waals surface area contributed by atoms with E-state index in [9.17, 15) is 9.90 Å². The van der Waals surface area contributed by atoms with Gasteiger partial charge in [-0.25, -0.2) is 0 Å². The van der Waals surface area contributed by atoms with Gasteiger partial charge in [-0.05, 0) is 43.4 Å². The summed E-state index contributed by atoms with van der Waals surface area (Å²) < 4.78 is 0. The quantitative estimate of drug-likeness (QED) is 0.705. The third-order valence-corrected chi connectivity index (χ3v) is 2.03. The first-order chi connectivity index (χ1) is 6.68. The van der Waals surface area contributed by atoms with E-state index in [2.05, 4.69) is 0 Å². The van der Waals surface area contributed by atoms with E-state index >= 15 is 0 Å². The maximum atomic E-state index is 10.1. The number of carboxylic acid groups (broad SMARTS) is 1. The second-order valence-electron chi connectivity index (χ2n) is 3.25. The molecule has 0 aromatic heterocycles. The average molecular weight is 193 g/mol. The maximum absolute atomic E-state index is 10.1. The molecule has 1 N–H and O–H groups in total. The molecule has 0 unspecified atom stereocenters. The van der Waals surface area contributed by atoms with Gasteiger partial charge < -0.3 is 15.0 Å². The number of hydrogen-bond acceptors (Lipinski definition) is 3. The number of hydrogen-bond donors (Lipinski definition) is 1. The molecule has 76 valence electrons. The minimum Gasteiger partial charge on any atom is -0.550 e. The van der Waals surface area contributed by atoms with Crippen LogP contribution in [0.5, 0.6) is 5.75 Å². The molecule has 1 aromatic carbocycles. The molecule has 0 fully saturated rings. The van der Waals surface area contributed by atoms with Crippen LogP contribution in [0.25, 0.3) is 0 Å². The highest BCUT2D eigenvalue weighted by molar-refractivity contribution is 5.64. The van der Waals surface area contributed by atoms with Crippen molar-refractivity contribution in [3.63, 3.8) is 0 Å². The highest BCUT2D eigenvalue weighted by Crippen LogP contribution is 2.12. The van der Waals surface area contributed by atoms with Crippen LogP contribution in [0.4, 0.5) is 0 Å². The van der Waals surface area contributed by atoms with Gasteiger partial charge in [0.05, 0.1) is 0 Å². The summed E-state index contributed by atoms with van der Waals surface area (Å²) in [5.74, 6) is -0.737. The number of unbranched alkanes of at least 4 members (excludes halogenated alkanes) is 1. The summed E-state index contributed by atoms with van der Waals surface area (Å²) in [6.45, 7) is 0. The number of aromatic hydroxyl groups is 1. The molecule has 1 rings (SSSR count). The molecule has 0 saturated heterocycles. The first-order valence-electron chi connectivity index (χ1n) is 4.66. The lowest BCUT2D eigenvalue weighted by Gasteiger charge is -2.02. The summed E-state index contributed by atoms with van der Waals surface area (Å²) in [6, 6.07) is 6.95. The molecule has 0 radical (unpaired) electrons. The van der Waals surface area contributed by atoms with Gasteiger partial charge in [0.2, 0.25) is 0 Å². The van der Waals surface area contributed by atoms with E-state index in [0.29, 0.717) is 6.42 Å². The van der Waals surface area contributed by atoms with E-state index in [1.165, 1.54) is 0 Å². The predicted octanol–water partition coefficient (Wildman–Crippen LogP) is 0.855. The zero-order valence-corrected chi connectivity index (χ0v) is 7.90. The Morgan fingerprint density at radius 1 is 1.21 bits per heavy atom. The highest BCUT2D eigenvalue weighted by atomic mass is 16.4. The molecule has 0 aliphatic carbocycles. The molecular weight excluding hydrogens is 180 g/mol. The monoisotopic (exact) mass is 193 g/mol. The zero-order valence-electron chi connectivity index (χ0n) is 7.90. The summed E-state index contributed by atoms with van der Waals surface area (Å²) >= 11 is 0. The number of aryl methyl sites for hydroxylation is 1. The molecule has 3 heteroatoms. The van der Waals surface area contributed by atoms with Gasteiger partial charge in [0.25, 0.3) is 0 Å². The number of rotatable bonds is 5. The van der Waals surface area contributed by atoms with Crippen molar-refractivity contribution in [2.45, 2.75) is 25.7 Å². The number of carbonyl (C=O) groups excluding carboxylic acids is 1. The third-order valence-electron chi connectivity index (χ3n) is 2.03. The summed E-state index contributed by atoms with van der Waals surface area (Å²) in [5, 5.41) is 19.1. The number of benzene rings is 1. The standard InChI is InChI=1S/C11H14O3/c12-10-7-5-9(6-8-10)3-1-2-4-11(13)14/h5-8,12H,1-4H2,(H,13,14)/p-1. The number of phenols is 1. The topological polar surface area (TPSA) is 60.4 Å². The second kappa shape index (κ2) is 5.27. The van der Waals surface area contributed by atoms with Gasteiger partial charge in [-0.3, -0.25) is 0 Å². The van der Waals surface area contributed by atoms with Crippen LogP contribution >= 0.6 is 0 Å². The van der Waals surface area contributed by atoms with Gasteiger partial charge in [-0.2, -0.15) is 0 Å². The van der Waals surface area contributed by atoms with Gasteiger partial charge in [-0.1, -0.05) is 12.1 Å². The minimum atomic E-state index is -0.990. The maximum Gasteiger partial charge on any atom is 0.115 e. The molecule has 0 aliphatic heterocycles. The summed E-state index contributed by atoms with van der Waals surface area (Å²) in [4.78, 5) is 10.1. The molecule has 0 bridgehead atoms. The molecule has 3 nitrogen and oxygen atoms in total. The molecular formula is C11H13O3-. The van der Waals surface area contributed by atoms with Gasteiger partial charge in [0.1, 0.15) is 5.75 Å². The van der Waals surface area contributed by atoms with Crippen molar-refractivity contribution in [1.82, 2.24) is 0 Å². The molecule has 0 saturated carbocycles. The van der Waals surface area contributed by atoms with Crippen LogP contribution in [0.1, 0.15) is 24.8 Å². The Balaban J connectivity index is 2.25. The predicted molar refractivity (Wildman–Crippen MR) is 50.7 cm³/mol. The molecule has 0 aliphatic rings. The molecule has 1 aromatic rings. The van der Waals surface area contributed by atoms with Crippen LogP contribution < -0.4 is 5.11 Å². The molecule has 0 atom stereocenters. The Morgan fingerprint density at radius 3 is 2.43 bits per heavy atom. The highest BCUT2D eigenvalue weighted by Gasteiger charge is 1.94. The van der Waals surface area contributed by atoms with Crippen molar-refractivity contribution in [2.75, 3.05) is 0 Å². The lowest BCUT2D eigenvalue weighted by Crippen LogP contribution is -2.21. The van der Waals surface area contributed by atoms with Crippen molar-refractivity contribution < 1.29 is 15.0 Å². The van der Waals surface area contributed by atoms with Gasteiger partial charge in [-0.15, -0.1) is 0 Å². The summed E-state index contributed by atoms with van der Waals surface area (Å²) in [7, 11) is 0. The lowest BCUT2D eigenvalue weighted by atomic mass is 10.1. The Hall–Kier alpha value is -1.51. The SMILES string of the molecule is O=C([O-])CCCCc1ccc(O)cc1. The Morgan fingerprint density at radius 2 is 1.86 bits per heavy atom. The number of carboxylic acids is 1. The smallest absolute Gasteiger partial charge is 0.115 e. The largest absolute Gasteiger partial charge is 0.550 e. The Labute approximate surface area is 83.0 Å². The summed E-state index contributed by atoms with van der Waals surface area (Å²) in [5.41, 5.74) is 1.11. The van der Waals surface area contributed by atoms with Crippen molar-refractivity contribution in [3.05, 3.63) is 29.8 Å². The van der Waals surface area contributed by atoms with Crippen LogP contribution in [0, 0.1) is 0 Å². The summed E-state index contributed by atoms with van der Waals surface area (Å²) in [6.07, 6.45) is 2.44. The van der Waals surface area contributed by atoms with E-state index < -0.39 is 5.97 Å². The molecule has 0 amide bonds. The number of carbonyl (C=O) groups is 1. The van der Waals surface area contributed by atoms with Crippen molar-refractivity contribution in [1.29, 1.82) is 0 Å². The van der Waals surface area contributed by atoms with E-state index in [1.807, 2.05) is 12.1 Å². The normalized spacial score (nSPS) is 10.0. The van der Waals surface area contributed by atoms with Crippen molar-refractivity contribution in [2.24, 2.45) is 0 Å².